The predicted octanol–water partition coefficient (Wildman–Crippen LogP) is 2.95. The number of nitrogens with zero attached hydrogens (tertiary/aromatic N) is 1. The summed E-state index contributed by atoms with van der Waals surface area (Å²) in [5.74, 6) is 0.185. The molecule has 1 aromatic carbocycles. The number of nitrogens with one attached hydrogen (secondary N) is 1. The Morgan fingerprint density at radius 2 is 2.00 bits per heavy atom. The van der Waals surface area contributed by atoms with E-state index in [0.717, 1.165) is 23.5 Å². The highest BCUT2D eigenvalue weighted by Crippen LogP contribution is 2.14. The lowest BCUT2D eigenvalue weighted by Crippen LogP contribution is -2.26. The predicted molar refractivity (Wildman–Crippen MR) is 86.9 cm³/mol. The molecule has 0 fully saturated rings. The van der Waals surface area contributed by atoms with E-state index in [2.05, 4.69) is 21.8 Å². The third-order valence-corrected chi connectivity index (χ3v) is 5.35. The van der Waals surface area contributed by atoms with Crippen LogP contribution in [0.3, 0.4) is 0 Å². The standard InChI is InChI=1S/C15H20N2O2S2/c1-2-3-9-21(18,19)16-11-14-12-20-15(17-14)10-13-7-5-4-6-8-13/h4-8,12,16H,2-3,9-11H2,1H3. The van der Waals surface area contributed by atoms with Gasteiger partial charge in [0.2, 0.25) is 10.0 Å². The number of unbranched alkanes of at least 4 members (excludes halogenated alkanes) is 1. The van der Waals surface area contributed by atoms with Crippen molar-refractivity contribution in [1.29, 1.82) is 0 Å². The molecule has 21 heavy (non-hydrogen) atoms. The molecule has 1 aromatic heterocycles. The summed E-state index contributed by atoms with van der Waals surface area (Å²) in [6.45, 7) is 2.25. The summed E-state index contributed by atoms with van der Waals surface area (Å²) >= 11 is 1.57. The number of hydrogen-bond acceptors (Lipinski definition) is 4. The van der Waals surface area contributed by atoms with Crippen LogP contribution in [-0.2, 0) is 23.0 Å². The third-order valence-electron chi connectivity index (χ3n) is 3.04. The van der Waals surface area contributed by atoms with E-state index in [-0.39, 0.29) is 12.3 Å². The van der Waals surface area contributed by atoms with Crippen LogP contribution in [0, 0.1) is 0 Å². The molecule has 6 heteroatoms. The molecule has 0 bridgehead atoms. The van der Waals surface area contributed by atoms with E-state index in [9.17, 15) is 8.42 Å². The summed E-state index contributed by atoms with van der Waals surface area (Å²) in [6, 6.07) is 10.1. The van der Waals surface area contributed by atoms with E-state index >= 15 is 0 Å². The number of rotatable bonds is 8. The van der Waals surface area contributed by atoms with Gasteiger partial charge in [0.25, 0.3) is 0 Å². The van der Waals surface area contributed by atoms with Crippen LogP contribution in [0.15, 0.2) is 35.7 Å². The molecule has 2 aromatic rings. The van der Waals surface area contributed by atoms with Crippen LogP contribution >= 0.6 is 11.3 Å². The molecule has 0 aliphatic carbocycles. The first kappa shape index (κ1) is 16.1. The van der Waals surface area contributed by atoms with Crippen LogP contribution in [0.2, 0.25) is 0 Å². The van der Waals surface area contributed by atoms with E-state index in [4.69, 9.17) is 0 Å². The zero-order valence-electron chi connectivity index (χ0n) is 12.1. The molecule has 0 amide bonds. The minimum Gasteiger partial charge on any atom is -0.245 e. The first-order chi connectivity index (χ1) is 10.1. The first-order valence-electron chi connectivity index (χ1n) is 7.03. The van der Waals surface area contributed by atoms with Gasteiger partial charge in [-0.05, 0) is 12.0 Å². The van der Waals surface area contributed by atoms with Gasteiger partial charge < -0.3 is 0 Å². The van der Waals surface area contributed by atoms with Gasteiger partial charge in [0.05, 0.1) is 23.0 Å². The topological polar surface area (TPSA) is 59.1 Å². The molecule has 0 aliphatic rings. The fraction of sp³-hybridized carbons (Fsp3) is 0.400. The van der Waals surface area contributed by atoms with Crippen molar-refractivity contribution in [2.75, 3.05) is 5.75 Å². The second-order valence-electron chi connectivity index (χ2n) is 4.89. The van der Waals surface area contributed by atoms with E-state index < -0.39 is 10.0 Å². The summed E-state index contributed by atoms with van der Waals surface area (Å²) in [6.07, 6.45) is 2.35. The lowest BCUT2D eigenvalue weighted by atomic mass is 10.2. The quantitative estimate of drug-likeness (QED) is 0.812. The Morgan fingerprint density at radius 1 is 1.24 bits per heavy atom. The number of thiazole rings is 1. The number of sulfonamides is 1. The van der Waals surface area contributed by atoms with Crippen LogP contribution < -0.4 is 4.72 Å². The molecule has 1 N–H and O–H groups in total. The van der Waals surface area contributed by atoms with Crippen LogP contribution in [-0.4, -0.2) is 19.2 Å². The van der Waals surface area contributed by atoms with Crippen molar-refractivity contribution in [2.45, 2.75) is 32.7 Å². The van der Waals surface area contributed by atoms with E-state index in [1.165, 1.54) is 5.56 Å². The molecule has 0 saturated carbocycles. The average molecular weight is 324 g/mol. The fourth-order valence-electron chi connectivity index (χ4n) is 1.87. The van der Waals surface area contributed by atoms with Gasteiger partial charge in [-0.1, -0.05) is 43.7 Å². The molecule has 0 radical (unpaired) electrons. The molecule has 0 spiro atoms. The van der Waals surface area contributed by atoms with Gasteiger partial charge in [0, 0.05) is 11.8 Å². The Labute approximate surface area is 130 Å². The Balaban J connectivity index is 1.89. The average Bonchev–Trinajstić information content (AvgIpc) is 2.92. The Kier molecular flexibility index (Phi) is 5.90. The highest BCUT2D eigenvalue weighted by atomic mass is 32.2. The van der Waals surface area contributed by atoms with Crippen LogP contribution in [0.5, 0.6) is 0 Å². The normalized spacial score (nSPS) is 11.7. The first-order valence-corrected chi connectivity index (χ1v) is 9.57. The van der Waals surface area contributed by atoms with Crippen molar-refractivity contribution >= 4 is 21.4 Å². The molecular formula is C15H20N2O2S2. The summed E-state index contributed by atoms with van der Waals surface area (Å²) in [5, 5.41) is 2.92. The molecule has 0 saturated heterocycles. The zero-order valence-corrected chi connectivity index (χ0v) is 13.7. The summed E-state index contributed by atoms with van der Waals surface area (Å²) in [5.41, 5.74) is 1.99. The monoisotopic (exact) mass is 324 g/mol. The van der Waals surface area contributed by atoms with Gasteiger partial charge in [0.15, 0.2) is 0 Å². The van der Waals surface area contributed by atoms with Crippen molar-refractivity contribution in [3.8, 4) is 0 Å². The van der Waals surface area contributed by atoms with Crippen molar-refractivity contribution in [2.24, 2.45) is 0 Å². The Hall–Kier alpha value is -1.24. The lowest BCUT2D eigenvalue weighted by molar-refractivity contribution is 0.577. The fourth-order valence-corrected chi connectivity index (χ4v) is 3.88. The molecular weight excluding hydrogens is 304 g/mol. The maximum Gasteiger partial charge on any atom is 0.211 e. The third kappa shape index (κ3) is 5.57. The van der Waals surface area contributed by atoms with Gasteiger partial charge in [-0.2, -0.15) is 0 Å². The highest BCUT2D eigenvalue weighted by Gasteiger charge is 2.10. The molecule has 4 nitrogen and oxygen atoms in total. The Bertz CT molecular complexity index is 651. The van der Waals surface area contributed by atoms with Gasteiger partial charge in [0.1, 0.15) is 0 Å². The zero-order chi connectivity index (χ0) is 15.1. The van der Waals surface area contributed by atoms with Crippen LogP contribution in [0.1, 0.15) is 36.0 Å². The summed E-state index contributed by atoms with van der Waals surface area (Å²) < 4.78 is 26.1. The van der Waals surface area contributed by atoms with E-state index in [1.807, 2.05) is 30.5 Å². The maximum atomic E-state index is 11.7. The maximum absolute atomic E-state index is 11.7. The second kappa shape index (κ2) is 7.68. The lowest BCUT2D eigenvalue weighted by Gasteiger charge is -2.03. The van der Waals surface area contributed by atoms with Gasteiger partial charge in [-0.3, -0.25) is 0 Å². The molecule has 0 aliphatic heterocycles. The van der Waals surface area contributed by atoms with Crippen molar-refractivity contribution in [1.82, 2.24) is 9.71 Å². The number of hydrogen-bond donors (Lipinski definition) is 1. The number of aromatic nitrogens is 1. The molecule has 0 unspecified atom stereocenters. The minimum absolute atomic E-state index is 0.185. The van der Waals surface area contributed by atoms with Gasteiger partial charge in [-0.25, -0.2) is 18.1 Å². The number of benzene rings is 1. The van der Waals surface area contributed by atoms with Crippen molar-refractivity contribution in [3.63, 3.8) is 0 Å². The Morgan fingerprint density at radius 3 is 2.71 bits per heavy atom. The molecule has 114 valence electrons. The minimum atomic E-state index is -3.18. The molecule has 1 heterocycles. The van der Waals surface area contributed by atoms with Crippen LogP contribution in [0.4, 0.5) is 0 Å². The van der Waals surface area contributed by atoms with Gasteiger partial charge in [-0.15, -0.1) is 11.3 Å². The summed E-state index contributed by atoms with van der Waals surface area (Å²) in [4.78, 5) is 4.48. The highest BCUT2D eigenvalue weighted by molar-refractivity contribution is 7.89. The summed E-state index contributed by atoms with van der Waals surface area (Å²) in [7, 11) is -3.18. The van der Waals surface area contributed by atoms with E-state index in [1.54, 1.807) is 11.3 Å². The largest absolute Gasteiger partial charge is 0.245 e. The van der Waals surface area contributed by atoms with Crippen molar-refractivity contribution in [3.05, 3.63) is 52.0 Å². The smallest absolute Gasteiger partial charge is 0.211 e. The second-order valence-corrected chi connectivity index (χ2v) is 7.76. The van der Waals surface area contributed by atoms with Crippen molar-refractivity contribution < 1.29 is 8.42 Å². The molecule has 0 atom stereocenters. The molecule has 2 rings (SSSR count). The SMILES string of the molecule is CCCCS(=O)(=O)NCc1csc(Cc2ccccc2)n1. The van der Waals surface area contributed by atoms with Gasteiger partial charge >= 0.3 is 0 Å². The van der Waals surface area contributed by atoms with Crippen LogP contribution in [0.25, 0.3) is 0 Å². The van der Waals surface area contributed by atoms with E-state index in [0.29, 0.717) is 6.42 Å².